The van der Waals surface area contributed by atoms with Crippen LogP contribution in [0.5, 0.6) is 0 Å². The van der Waals surface area contributed by atoms with Gasteiger partial charge < -0.3 is 10.2 Å². The van der Waals surface area contributed by atoms with Gasteiger partial charge in [0.1, 0.15) is 0 Å². The van der Waals surface area contributed by atoms with E-state index >= 15 is 0 Å². The lowest BCUT2D eigenvalue weighted by Crippen LogP contribution is -2.42. The molecule has 1 amide bonds. The van der Waals surface area contributed by atoms with E-state index in [1.807, 2.05) is 0 Å². The molecule has 4 unspecified atom stereocenters. The molecule has 108 valence electrons. The largest absolute Gasteiger partial charge is 0.341 e. The van der Waals surface area contributed by atoms with Crippen molar-refractivity contribution < 1.29 is 4.79 Å². The Morgan fingerprint density at radius 1 is 1.26 bits per heavy atom. The molecule has 4 atom stereocenters. The molecule has 2 bridgehead atoms. The second-order valence-corrected chi connectivity index (χ2v) is 6.34. The van der Waals surface area contributed by atoms with Crippen molar-refractivity contribution >= 4 is 5.91 Å². The van der Waals surface area contributed by atoms with Crippen LogP contribution in [-0.2, 0) is 4.79 Å². The highest BCUT2D eigenvalue weighted by atomic mass is 16.2. The predicted octanol–water partition coefficient (Wildman–Crippen LogP) is 1.07. The van der Waals surface area contributed by atoms with Crippen LogP contribution in [0.2, 0.25) is 0 Å². The molecule has 0 aromatic carbocycles. The molecule has 3 rings (SSSR count). The number of carbonyl (C=O) groups is 1. The van der Waals surface area contributed by atoms with E-state index in [0.29, 0.717) is 24.0 Å². The Bertz CT molecular complexity index is 342. The van der Waals surface area contributed by atoms with Gasteiger partial charge in [-0.3, -0.25) is 9.69 Å². The first-order chi connectivity index (χ1) is 9.22. The number of rotatable bonds is 4. The molecule has 3 heterocycles. The van der Waals surface area contributed by atoms with Gasteiger partial charge in [0.15, 0.2) is 0 Å². The van der Waals surface area contributed by atoms with Crippen LogP contribution in [-0.4, -0.2) is 60.0 Å². The van der Waals surface area contributed by atoms with Crippen molar-refractivity contribution in [2.24, 2.45) is 5.92 Å². The van der Waals surface area contributed by atoms with Crippen molar-refractivity contribution in [3.63, 3.8) is 0 Å². The number of fused-ring (bicyclic) bond motifs is 2. The van der Waals surface area contributed by atoms with Gasteiger partial charge in [0.05, 0.1) is 5.92 Å². The monoisotopic (exact) mass is 265 g/mol. The Morgan fingerprint density at radius 2 is 2.05 bits per heavy atom. The van der Waals surface area contributed by atoms with Crippen molar-refractivity contribution in [3.8, 4) is 0 Å². The molecular formula is C15H27N3O. The van der Waals surface area contributed by atoms with E-state index in [1.165, 1.54) is 12.8 Å². The zero-order chi connectivity index (χ0) is 13.4. The second-order valence-electron chi connectivity index (χ2n) is 6.34. The molecule has 4 nitrogen and oxygen atoms in total. The fourth-order valence-electron chi connectivity index (χ4n) is 4.31. The number of amides is 1. The molecule has 0 spiro atoms. The number of hydrogen-bond acceptors (Lipinski definition) is 3. The predicted molar refractivity (Wildman–Crippen MR) is 76.0 cm³/mol. The summed E-state index contributed by atoms with van der Waals surface area (Å²) < 4.78 is 0. The zero-order valence-electron chi connectivity index (χ0n) is 12.3. The first kappa shape index (κ1) is 13.4. The standard InChI is InChI=1S/C15H27N3O/c1-3-17(4-2)12-7-8-18(10-12)15(19)13-9-11-5-6-14(13)16-11/h11-14,16H,3-10H2,1-2H3. The number of carbonyl (C=O) groups excluding carboxylic acids is 1. The third kappa shape index (κ3) is 2.40. The summed E-state index contributed by atoms with van der Waals surface area (Å²) in [6, 6.07) is 1.69. The number of hydrogen-bond donors (Lipinski definition) is 1. The van der Waals surface area contributed by atoms with Gasteiger partial charge in [0.2, 0.25) is 5.91 Å². The summed E-state index contributed by atoms with van der Waals surface area (Å²) in [6.45, 7) is 8.54. The maximum Gasteiger partial charge on any atom is 0.227 e. The van der Waals surface area contributed by atoms with Crippen LogP contribution in [0.3, 0.4) is 0 Å². The fraction of sp³-hybridized carbons (Fsp3) is 0.933. The maximum atomic E-state index is 12.6. The molecule has 0 saturated carbocycles. The minimum Gasteiger partial charge on any atom is -0.341 e. The van der Waals surface area contributed by atoms with Crippen molar-refractivity contribution in [1.29, 1.82) is 0 Å². The lowest BCUT2D eigenvalue weighted by Gasteiger charge is -2.28. The minimum absolute atomic E-state index is 0.272. The van der Waals surface area contributed by atoms with E-state index in [4.69, 9.17) is 0 Å². The van der Waals surface area contributed by atoms with Gasteiger partial charge in [-0.25, -0.2) is 0 Å². The van der Waals surface area contributed by atoms with E-state index < -0.39 is 0 Å². The van der Waals surface area contributed by atoms with Crippen molar-refractivity contribution in [3.05, 3.63) is 0 Å². The molecule has 3 saturated heterocycles. The summed E-state index contributed by atoms with van der Waals surface area (Å²) in [6.07, 6.45) is 4.71. The van der Waals surface area contributed by atoms with Gasteiger partial charge in [0.25, 0.3) is 0 Å². The summed E-state index contributed by atoms with van der Waals surface area (Å²) >= 11 is 0. The zero-order valence-corrected chi connectivity index (χ0v) is 12.3. The Balaban J connectivity index is 1.57. The number of likely N-dealkylation sites (N-methyl/N-ethyl adjacent to an activating group) is 1. The van der Waals surface area contributed by atoms with Crippen molar-refractivity contribution in [1.82, 2.24) is 15.1 Å². The van der Waals surface area contributed by atoms with Crippen molar-refractivity contribution in [2.75, 3.05) is 26.2 Å². The topological polar surface area (TPSA) is 35.6 Å². The van der Waals surface area contributed by atoms with E-state index in [9.17, 15) is 4.79 Å². The summed E-state index contributed by atoms with van der Waals surface area (Å²) in [7, 11) is 0. The molecule has 4 heteroatoms. The number of nitrogens with one attached hydrogen (secondary N) is 1. The number of nitrogens with zero attached hydrogens (tertiary/aromatic N) is 2. The Kier molecular flexibility index (Phi) is 3.81. The van der Waals surface area contributed by atoms with Gasteiger partial charge >= 0.3 is 0 Å². The van der Waals surface area contributed by atoms with Crippen LogP contribution in [0, 0.1) is 5.92 Å². The smallest absolute Gasteiger partial charge is 0.227 e. The van der Waals surface area contributed by atoms with Gasteiger partial charge in [0, 0.05) is 31.2 Å². The van der Waals surface area contributed by atoms with Gasteiger partial charge in [-0.05, 0) is 38.8 Å². The normalized spacial score (nSPS) is 37.5. The summed E-state index contributed by atoms with van der Waals surface area (Å²) in [5.41, 5.74) is 0. The van der Waals surface area contributed by atoms with E-state index in [1.54, 1.807) is 0 Å². The first-order valence-corrected chi connectivity index (χ1v) is 8.01. The van der Waals surface area contributed by atoms with Gasteiger partial charge in [-0.2, -0.15) is 0 Å². The van der Waals surface area contributed by atoms with E-state index in [0.717, 1.165) is 39.0 Å². The molecule has 0 aromatic rings. The average Bonchev–Trinajstić information content (AvgIpc) is 3.15. The molecule has 3 aliphatic heterocycles. The number of likely N-dealkylation sites (tertiary alicyclic amines) is 1. The van der Waals surface area contributed by atoms with Crippen molar-refractivity contribution in [2.45, 2.75) is 57.7 Å². The SMILES string of the molecule is CCN(CC)C1CCN(C(=O)C2CC3CCC2N3)C1. The Morgan fingerprint density at radius 3 is 2.63 bits per heavy atom. The fourth-order valence-corrected chi connectivity index (χ4v) is 4.31. The van der Waals surface area contributed by atoms with E-state index in [-0.39, 0.29) is 5.92 Å². The Hall–Kier alpha value is -0.610. The van der Waals surface area contributed by atoms with Crippen LogP contribution in [0.1, 0.15) is 39.5 Å². The molecule has 0 radical (unpaired) electrons. The highest BCUT2D eigenvalue weighted by molar-refractivity contribution is 5.80. The van der Waals surface area contributed by atoms with Crippen LogP contribution in [0.4, 0.5) is 0 Å². The molecular weight excluding hydrogens is 238 g/mol. The van der Waals surface area contributed by atoms with Crippen LogP contribution in [0.15, 0.2) is 0 Å². The molecule has 1 N–H and O–H groups in total. The first-order valence-electron chi connectivity index (χ1n) is 8.01. The van der Waals surface area contributed by atoms with Crippen LogP contribution in [0.25, 0.3) is 0 Å². The maximum absolute atomic E-state index is 12.6. The molecule has 0 aromatic heterocycles. The highest BCUT2D eigenvalue weighted by Crippen LogP contribution is 2.35. The van der Waals surface area contributed by atoms with Crippen LogP contribution < -0.4 is 5.32 Å². The molecule has 3 aliphatic rings. The second kappa shape index (κ2) is 5.41. The quantitative estimate of drug-likeness (QED) is 0.826. The minimum atomic E-state index is 0.272. The van der Waals surface area contributed by atoms with Gasteiger partial charge in [-0.15, -0.1) is 0 Å². The average molecular weight is 265 g/mol. The summed E-state index contributed by atoms with van der Waals surface area (Å²) in [5.74, 6) is 0.698. The molecule has 19 heavy (non-hydrogen) atoms. The molecule has 3 fully saturated rings. The molecule has 0 aliphatic carbocycles. The summed E-state index contributed by atoms with van der Waals surface area (Å²) in [5, 5.41) is 3.58. The van der Waals surface area contributed by atoms with E-state index in [2.05, 4.69) is 29.0 Å². The highest BCUT2D eigenvalue weighted by Gasteiger charge is 2.45. The summed E-state index contributed by atoms with van der Waals surface area (Å²) in [4.78, 5) is 17.3. The third-order valence-corrected chi connectivity index (χ3v) is 5.42. The van der Waals surface area contributed by atoms with Gasteiger partial charge in [-0.1, -0.05) is 13.8 Å². The van der Waals surface area contributed by atoms with Crippen LogP contribution >= 0.6 is 0 Å². The third-order valence-electron chi connectivity index (χ3n) is 5.42. The lowest BCUT2D eigenvalue weighted by atomic mass is 9.88. The Labute approximate surface area is 116 Å². The lowest BCUT2D eigenvalue weighted by molar-refractivity contribution is -0.135.